The maximum atomic E-state index is 12.8. The Morgan fingerprint density at radius 2 is 2.30 bits per heavy atom. The molecule has 2 unspecified atom stereocenters. The molecule has 1 saturated carbocycles. The number of hydrogen-bond acceptors (Lipinski definition) is 9. The number of pyridine rings is 1. The van der Waals surface area contributed by atoms with Gasteiger partial charge in [0.25, 0.3) is 11.5 Å². The minimum atomic E-state index is -0.353. The predicted octanol–water partition coefficient (Wildman–Crippen LogP) is 0.882. The van der Waals surface area contributed by atoms with Crippen LogP contribution in [0.3, 0.4) is 0 Å². The number of H-pyrrole nitrogens is 1. The summed E-state index contributed by atoms with van der Waals surface area (Å²) in [5.41, 5.74) is 0.398. The highest BCUT2D eigenvalue weighted by molar-refractivity contribution is 7.71. The molecular weight excluding hydrogens is 410 g/mol. The van der Waals surface area contributed by atoms with Crippen LogP contribution < -0.4 is 16.2 Å². The largest absolute Gasteiger partial charge is 0.370 e. The second-order valence-electron chi connectivity index (χ2n) is 7.02. The highest BCUT2D eigenvalue weighted by Gasteiger charge is 2.25. The Labute approximate surface area is 175 Å². The molecule has 3 N–H and O–H groups in total. The maximum Gasteiger partial charge on any atom is 0.314 e. The first-order chi connectivity index (χ1) is 14.5. The van der Waals surface area contributed by atoms with Gasteiger partial charge in [-0.15, -0.1) is 0 Å². The van der Waals surface area contributed by atoms with Gasteiger partial charge in [0.2, 0.25) is 0 Å². The van der Waals surface area contributed by atoms with Crippen LogP contribution in [0.4, 0.5) is 0 Å². The summed E-state index contributed by atoms with van der Waals surface area (Å²) in [6.07, 6.45) is 5.66. The normalized spacial score (nSPS) is 18.7. The van der Waals surface area contributed by atoms with Crippen molar-refractivity contribution in [3.05, 3.63) is 45.3 Å². The molecule has 0 bridgehead atoms. The molecule has 158 valence electrons. The molecule has 11 nitrogen and oxygen atoms in total. The number of fused-ring (bicyclic) bond motifs is 1. The van der Waals surface area contributed by atoms with E-state index in [4.69, 9.17) is 21.5 Å². The molecule has 3 heterocycles. The molecular formula is C18H21N7O4S. The molecule has 12 heteroatoms. The lowest BCUT2D eigenvalue weighted by Gasteiger charge is -2.15. The van der Waals surface area contributed by atoms with Crippen molar-refractivity contribution in [2.75, 3.05) is 7.05 Å². The van der Waals surface area contributed by atoms with E-state index in [1.54, 1.807) is 0 Å². The lowest BCUT2D eigenvalue weighted by Crippen LogP contribution is -2.34. The predicted molar refractivity (Wildman–Crippen MR) is 108 cm³/mol. The summed E-state index contributed by atoms with van der Waals surface area (Å²) < 4.78 is 12.2. The number of nitrogens with one attached hydrogen (secondary N) is 3. The molecule has 0 aliphatic heterocycles. The van der Waals surface area contributed by atoms with Gasteiger partial charge in [0, 0.05) is 13.1 Å². The van der Waals surface area contributed by atoms with Gasteiger partial charge in [0.15, 0.2) is 5.82 Å². The lowest BCUT2D eigenvalue weighted by atomic mass is 10.2. The zero-order chi connectivity index (χ0) is 21.1. The molecule has 4 rings (SSSR count). The zero-order valence-corrected chi connectivity index (χ0v) is 17.1. The van der Waals surface area contributed by atoms with Crippen LogP contribution in [0.2, 0.25) is 0 Å². The molecule has 0 aromatic carbocycles. The van der Waals surface area contributed by atoms with Crippen molar-refractivity contribution in [2.45, 2.75) is 44.7 Å². The summed E-state index contributed by atoms with van der Waals surface area (Å²) in [5.74, 6) is 0.213. The van der Waals surface area contributed by atoms with Gasteiger partial charge in [0.1, 0.15) is 12.3 Å². The van der Waals surface area contributed by atoms with Crippen molar-refractivity contribution < 1.29 is 14.1 Å². The van der Waals surface area contributed by atoms with Gasteiger partial charge in [-0.1, -0.05) is 0 Å². The third-order valence-corrected chi connectivity index (χ3v) is 5.22. The van der Waals surface area contributed by atoms with Crippen LogP contribution in [-0.4, -0.2) is 49.8 Å². The number of aromatic nitrogens is 5. The number of nitrogens with zero attached hydrogens (tertiary/aromatic N) is 4. The molecule has 0 saturated heterocycles. The fraction of sp³-hybridized carbons (Fsp3) is 0.444. The summed E-state index contributed by atoms with van der Waals surface area (Å²) in [7, 11) is 1.51. The second-order valence-corrected chi connectivity index (χ2v) is 7.37. The van der Waals surface area contributed by atoms with Crippen molar-refractivity contribution in [1.29, 1.82) is 0 Å². The van der Waals surface area contributed by atoms with Gasteiger partial charge in [-0.05, 0) is 37.5 Å². The van der Waals surface area contributed by atoms with E-state index >= 15 is 0 Å². The van der Waals surface area contributed by atoms with E-state index in [2.05, 4.69) is 30.7 Å². The Kier molecular flexibility index (Phi) is 5.97. The SMILES string of the molecule is CNC(=O)c1cc2c(=O)n(CNC3CCC(OCc4nc(=S)o[nH]4)C3)cnc2cn1. The van der Waals surface area contributed by atoms with Gasteiger partial charge in [-0.25, -0.2) is 15.1 Å². The molecule has 1 aliphatic carbocycles. The quantitative estimate of drug-likeness (QED) is 0.465. The van der Waals surface area contributed by atoms with Gasteiger partial charge in [-0.3, -0.25) is 19.5 Å². The molecule has 1 amide bonds. The monoisotopic (exact) mass is 431 g/mol. The summed E-state index contributed by atoms with van der Waals surface area (Å²) in [6.45, 7) is 0.625. The van der Waals surface area contributed by atoms with E-state index in [0.29, 0.717) is 30.0 Å². The number of rotatable bonds is 7. The molecule has 3 aromatic heterocycles. The fourth-order valence-electron chi connectivity index (χ4n) is 3.45. The summed E-state index contributed by atoms with van der Waals surface area (Å²) in [5, 5.41) is 8.84. The van der Waals surface area contributed by atoms with E-state index in [1.807, 2.05) is 0 Å². The number of aromatic amines is 1. The topological polar surface area (TPSA) is 140 Å². The number of carbonyl (C=O) groups is 1. The second kappa shape index (κ2) is 8.81. The van der Waals surface area contributed by atoms with Gasteiger partial charge in [-0.2, -0.15) is 4.98 Å². The molecule has 0 spiro atoms. The van der Waals surface area contributed by atoms with E-state index in [0.717, 1.165) is 19.3 Å². The molecule has 1 fully saturated rings. The van der Waals surface area contributed by atoms with Crippen LogP contribution >= 0.6 is 12.2 Å². The van der Waals surface area contributed by atoms with Crippen LogP contribution in [0.5, 0.6) is 0 Å². The number of ether oxygens (including phenoxy) is 1. The molecule has 3 aromatic rings. The van der Waals surface area contributed by atoms with Crippen molar-refractivity contribution in [3.63, 3.8) is 0 Å². The minimum absolute atomic E-state index is 0.0915. The third-order valence-electron chi connectivity index (χ3n) is 5.04. The number of amides is 1. The zero-order valence-electron chi connectivity index (χ0n) is 16.3. The lowest BCUT2D eigenvalue weighted by molar-refractivity contribution is 0.0390. The van der Waals surface area contributed by atoms with Crippen LogP contribution in [0, 0.1) is 4.84 Å². The van der Waals surface area contributed by atoms with Crippen molar-refractivity contribution >= 4 is 29.0 Å². The van der Waals surface area contributed by atoms with Crippen LogP contribution in [0.25, 0.3) is 10.9 Å². The molecule has 30 heavy (non-hydrogen) atoms. The van der Waals surface area contributed by atoms with E-state index in [-0.39, 0.29) is 34.1 Å². The van der Waals surface area contributed by atoms with Crippen molar-refractivity contribution in [1.82, 2.24) is 35.3 Å². The van der Waals surface area contributed by atoms with Crippen molar-refractivity contribution in [2.24, 2.45) is 0 Å². The average Bonchev–Trinajstić information content (AvgIpc) is 3.39. The first kappa shape index (κ1) is 20.3. The highest BCUT2D eigenvalue weighted by atomic mass is 32.1. The Bertz CT molecular complexity index is 1170. The number of carbonyl (C=O) groups excluding carboxylic acids is 1. The van der Waals surface area contributed by atoms with E-state index < -0.39 is 0 Å². The Morgan fingerprint density at radius 3 is 3.07 bits per heavy atom. The molecule has 1 aliphatic rings. The average molecular weight is 431 g/mol. The third kappa shape index (κ3) is 4.45. The Balaban J connectivity index is 1.36. The smallest absolute Gasteiger partial charge is 0.314 e. The summed E-state index contributed by atoms with van der Waals surface area (Å²) in [6, 6.07) is 1.68. The van der Waals surface area contributed by atoms with Crippen LogP contribution in [0.15, 0.2) is 27.9 Å². The summed E-state index contributed by atoms with van der Waals surface area (Å²) in [4.78, 5) is 37.0. The minimum Gasteiger partial charge on any atom is -0.370 e. The molecule has 0 radical (unpaired) electrons. The van der Waals surface area contributed by atoms with E-state index in [1.165, 1.54) is 30.2 Å². The van der Waals surface area contributed by atoms with Gasteiger partial charge < -0.3 is 14.6 Å². The standard InChI is InChI=1S/C18H21N7O4S/c1-19-16(26)13-5-12-14(6-20-13)22-9-25(17(12)27)8-21-10-2-3-11(4-10)28-7-15-23-18(30)29-24-15/h5-6,9-11,21H,2-4,7-8H2,1H3,(H,19,26)(H,23,24,30). The van der Waals surface area contributed by atoms with E-state index in [9.17, 15) is 9.59 Å². The van der Waals surface area contributed by atoms with Gasteiger partial charge >= 0.3 is 4.84 Å². The Morgan fingerprint density at radius 1 is 1.43 bits per heavy atom. The highest BCUT2D eigenvalue weighted by Crippen LogP contribution is 2.23. The maximum absolute atomic E-state index is 12.8. The van der Waals surface area contributed by atoms with Crippen LogP contribution in [0.1, 0.15) is 35.6 Å². The first-order valence-electron chi connectivity index (χ1n) is 9.50. The fourth-order valence-corrected chi connectivity index (χ4v) is 3.60. The number of hydrogen-bond donors (Lipinski definition) is 3. The Hall–Kier alpha value is -2.96. The summed E-state index contributed by atoms with van der Waals surface area (Å²) >= 11 is 4.82. The first-order valence-corrected chi connectivity index (χ1v) is 9.91. The van der Waals surface area contributed by atoms with Crippen LogP contribution in [-0.2, 0) is 18.0 Å². The van der Waals surface area contributed by atoms with Crippen molar-refractivity contribution in [3.8, 4) is 0 Å². The van der Waals surface area contributed by atoms with Gasteiger partial charge in [0.05, 0.1) is 36.2 Å². The molecule has 2 atom stereocenters.